The van der Waals surface area contributed by atoms with E-state index in [9.17, 15) is 22.8 Å². The summed E-state index contributed by atoms with van der Waals surface area (Å²) < 4.78 is 37.7. The minimum absolute atomic E-state index is 0.133. The van der Waals surface area contributed by atoms with Crippen molar-refractivity contribution in [3.8, 4) is 0 Å². The fourth-order valence-electron chi connectivity index (χ4n) is 3.85. The molecule has 1 saturated heterocycles. The van der Waals surface area contributed by atoms with Crippen LogP contribution in [0.4, 0.5) is 10.5 Å². The Morgan fingerprint density at radius 1 is 1.34 bits per heavy atom. The number of fused-ring (bicyclic) bond motifs is 4. The van der Waals surface area contributed by atoms with Crippen molar-refractivity contribution >= 4 is 33.9 Å². The molecular weight excluding hydrogens is 446 g/mol. The Bertz CT molecular complexity index is 1210. The van der Waals surface area contributed by atoms with Gasteiger partial charge in [-0.05, 0) is 12.1 Å². The third kappa shape index (κ3) is 3.55. The molecule has 2 aliphatic rings. The van der Waals surface area contributed by atoms with Crippen LogP contribution in [0.2, 0.25) is 0 Å². The van der Waals surface area contributed by atoms with Crippen LogP contribution >= 0.6 is 0 Å². The van der Waals surface area contributed by atoms with Crippen molar-refractivity contribution in [1.82, 2.24) is 29.6 Å². The number of rotatable bonds is 5. The number of urea groups is 1. The first kappa shape index (κ1) is 21.7. The average Bonchev–Trinajstić information content (AvgIpc) is 3.19. The van der Waals surface area contributed by atoms with Gasteiger partial charge in [-0.25, -0.2) is 4.79 Å². The summed E-state index contributed by atoms with van der Waals surface area (Å²) in [7, 11) is -0.576. The summed E-state index contributed by atoms with van der Waals surface area (Å²) in [4.78, 5) is 45.2. The van der Waals surface area contributed by atoms with E-state index in [0.29, 0.717) is 10.8 Å². The van der Waals surface area contributed by atoms with Gasteiger partial charge >= 0.3 is 16.4 Å². The molecule has 15 heteroatoms. The largest absolute Gasteiger partial charge is 0.418 e. The van der Waals surface area contributed by atoms with Crippen LogP contribution in [0.5, 0.6) is 0 Å². The molecule has 0 saturated carbocycles. The van der Waals surface area contributed by atoms with E-state index in [2.05, 4.69) is 19.7 Å². The molecule has 0 radical (unpaired) electrons. The van der Waals surface area contributed by atoms with Crippen molar-refractivity contribution in [3.63, 3.8) is 0 Å². The lowest BCUT2D eigenvalue weighted by Gasteiger charge is -2.31. The van der Waals surface area contributed by atoms with E-state index in [0.717, 1.165) is 4.90 Å². The van der Waals surface area contributed by atoms with Gasteiger partial charge in [0, 0.05) is 32.9 Å². The first-order chi connectivity index (χ1) is 15.0. The zero-order valence-electron chi connectivity index (χ0n) is 17.2. The molecule has 4 rings (SSSR count). The van der Waals surface area contributed by atoms with Gasteiger partial charge in [0.2, 0.25) is 0 Å². The zero-order valence-corrected chi connectivity index (χ0v) is 18.0. The SMILES string of the molecule is CN(C)C(=O)C1c2c(c(C(=O)Nc3cccnc3)nn2C)C2CN1C(=O)N2OS(=O)(=O)O. The van der Waals surface area contributed by atoms with Crippen LogP contribution in [-0.2, 0) is 26.5 Å². The quantitative estimate of drug-likeness (QED) is 0.565. The number of hydrogen-bond donors (Lipinski definition) is 2. The van der Waals surface area contributed by atoms with Crippen LogP contribution in [0.3, 0.4) is 0 Å². The summed E-state index contributed by atoms with van der Waals surface area (Å²) in [6.45, 7) is -0.162. The summed E-state index contributed by atoms with van der Waals surface area (Å²) in [5.41, 5.74) is 0.612. The number of nitrogens with one attached hydrogen (secondary N) is 1. The summed E-state index contributed by atoms with van der Waals surface area (Å²) in [5, 5.41) is 7.29. The van der Waals surface area contributed by atoms with Crippen molar-refractivity contribution in [2.45, 2.75) is 12.1 Å². The Labute approximate surface area is 182 Å². The van der Waals surface area contributed by atoms with Crippen LogP contribution in [0.15, 0.2) is 24.5 Å². The third-order valence-corrected chi connectivity index (χ3v) is 5.45. The summed E-state index contributed by atoms with van der Waals surface area (Å²) in [5.74, 6) is -1.15. The molecule has 2 aromatic heterocycles. The molecule has 0 aliphatic carbocycles. The molecule has 2 bridgehead atoms. The lowest BCUT2D eigenvalue weighted by molar-refractivity contribution is -0.134. The number of aromatic nitrogens is 3. The molecule has 2 atom stereocenters. The fourth-order valence-corrected chi connectivity index (χ4v) is 4.22. The maximum absolute atomic E-state index is 13.0. The number of hydrogen-bond acceptors (Lipinski definition) is 8. The highest BCUT2D eigenvalue weighted by Gasteiger charge is 2.55. The number of likely N-dealkylation sites (N-methyl/N-ethyl adjacent to an activating group) is 1. The molecule has 4 heterocycles. The van der Waals surface area contributed by atoms with Crippen molar-refractivity contribution in [1.29, 1.82) is 0 Å². The van der Waals surface area contributed by atoms with E-state index >= 15 is 0 Å². The van der Waals surface area contributed by atoms with Gasteiger partial charge in [0.05, 0.1) is 24.1 Å². The molecule has 2 aliphatic heterocycles. The van der Waals surface area contributed by atoms with E-state index in [4.69, 9.17) is 4.55 Å². The molecule has 14 nitrogen and oxygen atoms in total. The Hall–Kier alpha value is -3.56. The number of anilines is 1. The van der Waals surface area contributed by atoms with Gasteiger partial charge in [0.25, 0.3) is 11.8 Å². The van der Waals surface area contributed by atoms with Crippen molar-refractivity contribution in [2.24, 2.45) is 7.05 Å². The molecule has 1 fully saturated rings. The van der Waals surface area contributed by atoms with Crippen LogP contribution in [0.25, 0.3) is 0 Å². The molecule has 2 unspecified atom stereocenters. The average molecular weight is 465 g/mol. The standard InChI is InChI=1S/C17H19N7O7S/c1-21(2)16(26)14-13-11(10-8-23(14)17(27)24(10)31-32(28,29)30)12(20-22(13)3)15(25)19-9-5-4-6-18-7-9/h4-7,10,14H,8H2,1-3H3,(H,19,25)(H,28,29,30). The van der Waals surface area contributed by atoms with Crippen LogP contribution in [0.1, 0.15) is 33.8 Å². The number of carbonyl (C=O) groups excluding carboxylic acids is 3. The van der Waals surface area contributed by atoms with Gasteiger partial charge in [-0.3, -0.25) is 23.8 Å². The number of carbonyl (C=O) groups is 3. The second-order valence-corrected chi connectivity index (χ2v) is 8.39. The molecule has 170 valence electrons. The first-order valence-corrected chi connectivity index (χ1v) is 10.6. The molecule has 32 heavy (non-hydrogen) atoms. The number of aryl methyl sites for hydroxylation is 1. The minimum Gasteiger partial charge on any atom is -0.347 e. The lowest BCUT2D eigenvalue weighted by Crippen LogP contribution is -2.44. The maximum Gasteiger partial charge on any atom is 0.418 e. The molecule has 2 aromatic rings. The van der Waals surface area contributed by atoms with E-state index in [1.54, 1.807) is 12.1 Å². The Kier molecular flexibility index (Phi) is 5.10. The summed E-state index contributed by atoms with van der Waals surface area (Å²) in [6.07, 6.45) is 2.94. The molecule has 0 spiro atoms. The molecule has 4 amide bonds. The maximum atomic E-state index is 13.0. The highest BCUT2D eigenvalue weighted by Crippen LogP contribution is 2.46. The van der Waals surface area contributed by atoms with Gasteiger partial charge in [-0.1, -0.05) is 0 Å². The Morgan fingerprint density at radius 2 is 2.06 bits per heavy atom. The Morgan fingerprint density at radius 3 is 2.66 bits per heavy atom. The molecule has 0 aromatic carbocycles. The zero-order chi connectivity index (χ0) is 23.4. The third-order valence-electron chi connectivity index (χ3n) is 5.10. The van der Waals surface area contributed by atoms with E-state index < -0.39 is 40.3 Å². The van der Waals surface area contributed by atoms with E-state index in [-0.39, 0.29) is 23.5 Å². The minimum atomic E-state index is -5.06. The number of amides is 4. The second kappa shape index (κ2) is 7.54. The van der Waals surface area contributed by atoms with Gasteiger partial charge < -0.3 is 15.1 Å². The topological polar surface area (TPSA) is 167 Å². The summed E-state index contributed by atoms with van der Waals surface area (Å²) >= 11 is 0. The van der Waals surface area contributed by atoms with Gasteiger partial charge in [-0.2, -0.15) is 18.6 Å². The highest BCUT2D eigenvalue weighted by atomic mass is 32.3. The normalized spacial score (nSPS) is 19.7. The lowest BCUT2D eigenvalue weighted by atomic mass is 9.94. The fraction of sp³-hybridized carbons (Fsp3) is 0.353. The van der Waals surface area contributed by atoms with E-state index in [1.165, 1.54) is 43.1 Å². The Balaban J connectivity index is 1.85. The van der Waals surface area contributed by atoms with Crippen molar-refractivity contribution < 1.29 is 31.6 Å². The van der Waals surface area contributed by atoms with Crippen molar-refractivity contribution in [3.05, 3.63) is 41.5 Å². The van der Waals surface area contributed by atoms with Gasteiger partial charge in [-0.15, -0.1) is 4.28 Å². The highest BCUT2D eigenvalue weighted by molar-refractivity contribution is 7.80. The molecule has 2 N–H and O–H groups in total. The smallest absolute Gasteiger partial charge is 0.347 e. The predicted molar refractivity (Wildman–Crippen MR) is 106 cm³/mol. The van der Waals surface area contributed by atoms with Gasteiger partial charge in [0.15, 0.2) is 11.7 Å². The first-order valence-electron chi connectivity index (χ1n) is 9.25. The van der Waals surface area contributed by atoms with Crippen molar-refractivity contribution in [2.75, 3.05) is 26.0 Å². The summed E-state index contributed by atoms with van der Waals surface area (Å²) in [6, 6.07) is -0.0367. The number of nitrogens with zero attached hydrogens (tertiary/aromatic N) is 6. The second-order valence-electron chi connectivity index (χ2n) is 7.38. The van der Waals surface area contributed by atoms with Crippen LogP contribution in [-0.4, -0.2) is 81.1 Å². The number of hydroxylamine groups is 2. The predicted octanol–water partition coefficient (Wildman–Crippen LogP) is -0.277. The van der Waals surface area contributed by atoms with Gasteiger partial charge in [0.1, 0.15) is 6.04 Å². The molecular formula is C17H19N7O7S. The number of pyridine rings is 1. The van der Waals surface area contributed by atoms with Crippen LogP contribution < -0.4 is 5.32 Å². The van der Waals surface area contributed by atoms with E-state index in [1.807, 2.05) is 0 Å². The van der Waals surface area contributed by atoms with Crippen LogP contribution in [0, 0.1) is 0 Å². The monoisotopic (exact) mass is 465 g/mol.